The van der Waals surface area contributed by atoms with Crippen LogP contribution in [0.15, 0.2) is 73.8 Å². The summed E-state index contributed by atoms with van der Waals surface area (Å²) in [5.74, 6) is 3.78. The van der Waals surface area contributed by atoms with Crippen LogP contribution in [0.3, 0.4) is 0 Å². The van der Waals surface area contributed by atoms with E-state index in [1.807, 2.05) is 139 Å². The Hall–Kier alpha value is -10.2. The number of carbonyl (C=O) groups is 3. The first-order chi connectivity index (χ1) is 44.2. The molecule has 8 heterocycles. The van der Waals surface area contributed by atoms with Gasteiger partial charge in [0.25, 0.3) is 0 Å². The summed E-state index contributed by atoms with van der Waals surface area (Å²) in [5.41, 5.74) is 14.1. The molecule has 490 valence electrons. The molecule has 0 atom stereocenters. The van der Waals surface area contributed by atoms with Crippen LogP contribution in [0.5, 0.6) is 11.5 Å². The lowest BCUT2D eigenvalue weighted by molar-refractivity contribution is -0.142. The number of benzene rings is 2. The Morgan fingerprint density at radius 1 is 0.489 bits per heavy atom. The quantitative estimate of drug-likeness (QED) is 0.0318. The Morgan fingerprint density at radius 3 is 1.23 bits per heavy atom. The minimum atomic E-state index is -0.271. The van der Waals surface area contributed by atoms with E-state index in [-0.39, 0.29) is 24.5 Å². The summed E-state index contributed by atoms with van der Waals surface area (Å²) >= 11 is 0. The number of ether oxygens (including phenoxy) is 5. The lowest BCUT2D eigenvalue weighted by atomic mass is 10.2. The van der Waals surface area contributed by atoms with Crippen molar-refractivity contribution < 1.29 is 43.2 Å². The molecule has 29 heteroatoms. The molecule has 0 amide bonds. The number of aromatic amines is 1. The second-order valence-corrected chi connectivity index (χ2v) is 21.6. The molecule has 2 N–H and O–H groups in total. The predicted octanol–water partition coefficient (Wildman–Crippen LogP) is 7.45. The van der Waals surface area contributed by atoms with Crippen LogP contribution < -0.4 is 9.47 Å². The lowest BCUT2D eigenvalue weighted by Gasteiger charge is -2.11. The minimum Gasteiger partial charge on any atom is -0.497 e. The summed E-state index contributed by atoms with van der Waals surface area (Å²) in [6.07, 6.45) is 9.35. The third-order valence-corrected chi connectivity index (χ3v) is 14.8. The zero-order valence-corrected chi connectivity index (χ0v) is 55.0. The van der Waals surface area contributed by atoms with Crippen molar-refractivity contribution in [3.05, 3.63) is 130 Å². The van der Waals surface area contributed by atoms with E-state index in [0.29, 0.717) is 96.4 Å². The third-order valence-electron chi connectivity index (χ3n) is 14.8. The lowest BCUT2D eigenvalue weighted by Crippen LogP contribution is -2.10. The highest BCUT2D eigenvalue weighted by Crippen LogP contribution is 2.28. The highest BCUT2D eigenvalue weighted by atomic mass is 16.5. The molecule has 10 aromatic rings. The van der Waals surface area contributed by atoms with E-state index in [9.17, 15) is 14.4 Å². The van der Waals surface area contributed by atoms with Crippen LogP contribution in [0.25, 0.3) is 46.1 Å². The number of nitrogens with one attached hydrogen (secondary N) is 1. The van der Waals surface area contributed by atoms with Crippen molar-refractivity contribution in [3.63, 3.8) is 0 Å². The highest BCUT2D eigenvalue weighted by molar-refractivity contribution is 5.66. The molecule has 92 heavy (non-hydrogen) atoms. The maximum absolute atomic E-state index is 11.0. The Bertz CT molecular complexity index is 3960. The van der Waals surface area contributed by atoms with Crippen LogP contribution in [0, 0.1) is 55.4 Å². The summed E-state index contributed by atoms with van der Waals surface area (Å²) < 4.78 is 38.6. The number of carbonyl (C=O) groups excluding carboxylic acids is 3. The Kier molecular flexibility index (Phi) is 25.3. The van der Waals surface area contributed by atoms with Gasteiger partial charge < -0.3 is 37.9 Å². The van der Waals surface area contributed by atoms with E-state index in [2.05, 4.69) is 66.1 Å². The summed E-state index contributed by atoms with van der Waals surface area (Å²) in [6, 6.07) is 15.9. The van der Waals surface area contributed by atoms with Crippen LogP contribution in [0.4, 0.5) is 0 Å². The number of esters is 3. The van der Waals surface area contributed by atoms with Crippen molar-refractivity contribution in [2.24, 2.45) is 7.05 Å². The van der Waals surface area contributed by atoms with Crippen LogP contribution in [0.2, 0.25) is 0 Å². The van der Waals surface area contributed by atoms with Crippen molar-refractivity contribution in [2.75, 3.05) is 40.6 Å². The number of methoxy groups -OCH3 is 2. The van der Waals surface area contributed by atoms with Crippen molar-refractivity contribution in [1.82, 2.24) is 98.6 Å². The Labute approximate surface area is 534 Å². The smallest absolute Gasteiger partial charge is 0.302 e. The van der Waals surface area contributed by atoms with Gasteiger partial charge in [-0.1, -0.05) is 24.3 Å². The van der Waals surface area contributed by atoms with Crippen LogP contribution in [-0.4, -0.2) is 162 Å². The number of H-pyrrole nitrogens is 1. The molecule has 2 aromatic carbocycles. The number of rotatable bonds is 25. The van der Waals surface area contributed by atoms with E-state index >= 15 is 0 Å². The second-order valence-electron chi connectivity index (χ2n) is 21.6. The predicted molar refractivity (Wildman–Crippen MR) is 340 cm³/mol. The van der Waals surface area contributed by atoms with E-state index in [4.69, 9.17) is 28.8 Å². The monoisotopic (exact) mass is 1260 g/mol. The van der Waals surface area contributed by atoms with Gasteiger partial charge in [0, 0.05) is 102 Å². The first kappa shape index (κ1) is 69.3. The van der Waals surface area contributed by atoms with Crippen molar-refractivity contribution in [3.8, 4) is 57.6 Å². The third kappa shape index (κ3) is 18.7. The number of hydrogen-bond donors (Lipinski definition) is 2. The molecule has 0 bridgehead atoms. The highest BCUT2D eigenvalue weighted by Gasteiger charge is 2.22. The SMILES string of the molecule is CC(=O)OCCCn1nc(C)c(C)c1-c1ncn(C)n1.CC(=O)OCCCn1nc(C)c(C)c1-c1ncn[nH]1.COc1ccc(Cn2cnnc2-c2c(C)c(C)nn2CCCO)cc1.COc1ccc(Cn2cnnc2-c2c(C)c(C)nn2CCCOC(C)=O)cc1. The number of aryl methyl sites for hydroxylation is 9. The Morgan fingerprint density at radius 2 is 0.870 bits per heavy atom. The van der Waals surface area contributed by atoms with Gasteiger partial charge in [-0.15, -0.1) is 25.5 Å². The van der Waals surface area contributed by atoms with Crippen LogP contribution in [0.1, 0.15) is 103 Å². The van der Waals surface area contributed by atoms with Gasteiger partial charge in [-0.2, -0.15) is 25.5 Å². The molecule has 0 aliphatic rings. The van der Waals surface area contributed by atoms with Gasteiger partial charge in [0.05, 0.1) is 69.9 Å². The van der Waals surface area contributed by atoms with Gasteiger partial charge in [0.15, 0.2) is 23.3 Å². The number of aliphatic hydroxyl groups is 1. The zero-order valence-electron chi connectivity index (χ0n) is 55.0. The van der Waals surface area contributed by atoms with E-state index < -0.39 is 0 Å². The maximum atomic E-state index is 11.0. The van der Waals surface area contributed by atoms with Crippen LogP contribution in [-0.2, 0) is 74.9 Å². The Balaban J connectivity index is 0.000000176. The fourth-order valence-electron chi connectivity index (χ4n) is 9.72. The maximum Gasteiger partial charge on any atom is 0.302 e. The summed E-state index contributed by atoms with van der Waals surface area (Å²) in [7, 11) is 5.15. The fraction of sp³-hybridized carbons (Fsp3) is 0.444. The van der Waals surface area contributed by atoms with Gasteiger partial charge in [-0.05, 0) is 97.2 Å². The first-order valence-electron chi connectivity index (χ1n) is 30.1. The van der Waals surface area contributed by atoms with Gasteiger partial charge in [0.2, 0.25) is 0 Å². The molecular weight excluding hydrogens is 1180 g/mol. The normalized spacial score (nSPS) is 10.9. The molecule has 0 aliphatic carbocycles. The molecule has 0 unspecified atom stereocenters. The zero-order chi connectivity index (χ0) is 66.4. The van der Waals surface area contributed by atoms with Crippen molar-refractivity contribution in [1.29, 1.82) is 0 Å². The molecule has 0 saturated carbocycles. The van der Waals surface area contributed by atoms with E-state index in [1.165, 1.54) is 27.1 Å². The molecule has 0 radical (unpaired) electrons. The molecule has 0 aliphatic heterocycles. The minimum absolute atomic E-state index is 0.135. The molecular formula is C63H84N20O9. The summed E-state index contributed by atoms with van der Waals surface area (Å²) in [4.78, 5) is 40.8. The standard InChI is InChI=1S/C20H25N5O3.C18H23N5O2.C13H19N5O2.C12H17N5O2/c1-14-15(2)23-25(10-5-11-28-16(3)26)19(14)20-22-21-13-24(20)12-17-6-8-18(27-4)9-7-17;1-13-14(2)21-23(9-4-10-24)17(13)18-20-19-12-22(18)11-15-5-7-16(25-3)8-6-15;1-9-10(2)15-18(6-5-7-20-11(3)19)12(9)13-14-8-17(4)16-13;1-8-9(2)16-17(5-4-6-19-10(3)18)11(8)12-13-7-14-15-12/h6-9,13H,5,10-12H2,1-4H3;5-8,12,24H,4,9-11H2,1-3H3;8H,5-7H2,1-4H3;7H,4-6H2,1-3H3,(H,13,14,15). The molecule has 0 saturated heterocycles. The molecule has 29 nitrogen and oxygen atoms in total. The van der Waals surface area contributed by atoms with Crippen molar-refractivity contribution >= 4 is 17.9 Å². The molecule has 0 spiro atoms. The average Bonchev–Trinajstić information content (AvgIpc) is 1.70. The van der Waals surface area contributed by atoms with Gasteiger partial charge in [-0.3, -0.25) is 42.9 Å². The van der Waals surface area contributed by atoms with E-state index in [1.54, 1.807) is 37.9 Å². The van der Waals surface area contributed by atoms with Crippen molar-refractivity contribution in [2.45, 2.75) is 141 Å². The topological polar surface area (TPSA) is 323 Å². The van der Waals surface area contributed by atoms with Crippen LogP contribution >= 0.6 is 0 Å². The van der Waals surface area contributed by atoms with Gasteiger partial charge in [-0.25, -0.2) is 9.97 Å². The van der Waals surface area contributed by atoms with E-state index in [0.717, 1.165) is 102 Å². The number of aromatic nitrogens is 20. The van der Waals surface area contributed by atoms with Gasteiger partial charge >= 0.3 is 17.9 Å². The summed E-state index contributed by atoms with van der Waals surface area (Å²) in [5, 5.41) is 55.3. The molecule has 8 aromatic heterocycles. The largest absolute Gasteiger partial charge is 0.497 e. The molecule has 10 rings (SSSR count). The number of nitrogens with zero attached hydrogens (tertiary/aromatic N) is 19. The summed E-state index contributed by atoms with van der Waals surface area (Å²) in [6.45, 7) is 25.4. The first-order valence-corrected chi connectivity index (χ1v) is 30.1. The number of aliphatic hydroxyl groups excluding tert-OH is 1. The van der Waals surface area contributed by atoms with Gasteiger partial charge in [0.1, 0.15) is 59.6 Å². The molecule has 0 fully saturated rings. The number of hydrogen-bond acceptors (Lipinski definition) is 21. The fourth-order valence-corrected chi connectivity index (χ4v) is 9.72. The average molecular weight is 1270 g/mol. The second kappa shape index (κ2) is 33.6.